The summed E-state index contributed by atoms with van der Waals surface area (Å²) in [4.78, 5) is 38.1. The van der Waals surface area contributed by atoms with Crippen LogP contribution in [0.5, 0.6) is 0 Å². The van der Waals surface area contributed by atoms with Gasteiger partial charge >= 0.3 is 17.9 Å². The highest BCUT2D eigenvalue weighted by Gasteiger charge is 2.19. The van der Waals surface area contributed by atoms with Crippen molar-refractivity contribution in [1.29, 1.82) is 0 Å². The predicted octanol–water partition coefficient (Wildman–Crippen LogP) is 18.5. The van der Waals surface area contributed by atoms with Crippen LogP contribution in [0.4, 0.5) is 0 Å². The van der Waals surface area contributed by atoms with Gasteiger partial charge in [0.15, 0.2) is 6.10 Å². The fraction of sp³-hybridized carbons (Fsp3) is 0.689. The van der Waals surface area contributed by atoms with Crippen molar-refractivity contribution in [3.05, 3.63) is 97.2 Å². The largest absolute Gasteiger partial charge is 0.462 e. The van der Waals surface area contributed by atoms with Crippen molar-refractivity contribution in [2.24, 2.45) is 0 Å². The normalized spacial score (nSPS) is 12.8. The molecule has 0 aromatic rings. The van der Waals surface area contributed by atoms with E-state index in [2.05, 4.69) is 118 Å². The van der Waals surface area contributed by atoms with Crippen LogP contribution in [-0.4, -0.2) is 37.2 Å². The third-order valence-electron chi connectivity index (χ3n) is 11.6. The maximum Gasteiger partial charge on any atom is 0.306 e. The molecule has 1 unspecified atom stereocenters. The standard InChI is InChI=1S/C61H102O6/c1-4-7-10-13-16-19-22-24-26-27-28-29-30-31-32-33-35-36-39-42-45-48-51-54-60(63)66-57-58(56-65-59(62)53-50-47-44-41-38-21-18-15-12-9-6-3)67-61(64)55-52-49-46-43-40-37-34-25-23-20-17-14-11-8-5-2/h7-8,10-11,16-17,19-20,24-26,28-29,31-32,34,58H,4-6,9,12-15,18,21-23,27,30,33,35-57H2,1-3H3/b10-7-,11-8-,19-16-,20-17-,26-24-,29-28-,32-31-,34-25-. The van der Waals surface area contributed by atoms with Gasteiger partial charge in [-0.15, -0.1) is 0 Å². The Labute approximate surface area is 413 Å². The van der Waals surface area contributed by atoms with E-state index in [-0.39, 0.29) is 31.1 Å². The van der Waals surface area contributed by atoms with Crippen LogP contribution in [0.2, 0.25) is 0 Å². The highest BCUT2D eigenvalue weighted by Crippen LogP contribution is 2.15. The number of allylic oxidation sites excluding steroid dienone is 16. The molecule has 0 bridgehead atoms. The molecule has 1 atom stereocenters. The molecule has 0 aliphatic carbocycles. The molecule has 0 rings (SSSR count). The molecule has 6 nitrogen and oxygen atoms in total. The Morgan fingerprint density at radius 1 is 0.313 bits per heavy atom. The van der Waals surface area contributed by atoms with E-state index < -0.39 is 6.10 Å². The van der Waals surface area contributed by atoms with Crippen molar-refractivity contribution in [3.63, 3.8) is 0 Å². The fourth-order valence-electron chi connectivity index (χ4n) is 7.48. The highest BCUT2D eigenvalue weighted by atomic mass is 16.6. The average Bonchev–Trinajstić information content (AvgIpc) is 3.33. The molecule has 0 spiro atoms. The number of hydrogen-bond donors (Lipinski definition) is 0. The van der Waals surface area contributed by atoms with Crippen molar-refractivity contribution in [2.75, 3.05) is 13.2 Å². The van der Waals surface area contributed by atoms with E-state index >= 15 is 0 Å². The molecular formula is C61H102O6. The number of unbranched alkanes of at least 4 members (excludes halogenated alkanes) is 22. The first-order valence-corrected chi connectivity index (χ1v) is 27.7. The number of ether oxygens (including phenoxy) is 3. The van der Waals surface area contributed by atoms with Gasteiger partial charge in [-0.1, -0.05) is 234 Å². The maximum atomic E-state index is 12.8. The lowest BCUT2D eigenvalue weighted by Crippen LogP contribution is -2.30. The number of hydrogen-bond acceptors (Lipinski definition) is 6. The first-order chi connectivity index (χ1) is 33.0. The first-order valence-electron chi connectivity index (χ1n) is 27.7. The SMILES string of the molecule is CC/C=C\C/C=C\C/C=C\C/C=C\C/C=C\CCCCCCCCCC(=O)OCC(COC(=O)CCCCCCCCCCCCC)OC(=O)CCCCCCC/C=C\C/C=C\C/C=C\CC. The van der Waals surface area contributed by atoms with E-state index in [0.29, 0.717) is 19.3 Å². The zero-order valence-electron chi connectivity index (χ0n) is 43.6. The van der Waals surface area contributed by atoms with Gasteiger partial charge in [-0.3, -0.25) is 14.4 Å². The van der Waals surface area contributed by atoms with Gasteiger partial charge in [0.25, 0.3) is 0 Å². The molecule has 0 aromatic heterocycles. The van der Waals surface area contributed by atoms with Crippen molar-refractivity contribution in [2.45, 2.75) is 258 Å². The van der Waals surface area contributed by atoms with Crippen molar-refractivity contribution in [3.8, 4) is 0 Å². The molecule has 0 saturated heterocycles. The monoisotopic (exact) mass is 931 g/mol. The van der Waals surface area contributed by atoms with Crippen molar-refractivity contribution >= 4 is 17.9 Å². The zero-order valence-corrected chi connectivity index (χ0v) is 43.6. The molecule has 0 radical (unpaired) electrons. The summed E-state index contributed by atoms with van der Waals surface area (Å²) >= 11 is 0. The van der Waals surface area contributed by atoms with E-state index in [1.807, 2.05) is 0 Å². The summed E-state index contributed by atoms with van der Waals surface area (Å²) in [7, 11) is 0. The summed E-state index contributed by atoms with van der Waals surface area (Å²) < 4.78 is 16.8. The third-order valence-corrected chi connectivity index (χ3v) is 11.6. The molecule has 0 aliphatic heterocycles. The Morgan fingerprint density at radius 2 is 0.582 bits per heavy atom. The molecular weight excluding hydrogens is 829 g/mol. The second-order valence-electron chi connectivity index (χ2n) is 18.1. The third kappa shape index (κ3) is 53.2. The number of esters is 3. The van der Waals surface area contributed by atoms with Gasteiger partial charge in [-0.25, -0.2) is 0 Å². The lowest BCUT2D eigenvalue weighted by molar-refractivity contribution is -0.167. The summed E-state index contributed by atoms with van der Waals surface area (Å²) in [6.45, 7) is 6.38. The second-order valence-corrected chi connectivity index (χ2v) is 18.1. The number of carbonyl (C=O) groups is 3. The van der Waals surface area contributed by atoms with E-state index in [0.717, 1.165) is 135 Å². The minimum Gasteiger partial charge on any atom is -0.462 e. The second kappa shape index (κ2) is 54.9. The predicted molar refractivity (Wildman–Crippen MR) is 288 cm³/mol. The molecule has 0 heterocycles. The topological polar surface area (TPSA) is 78.9 Å². The molecule has 0 aliphatic rings. The Hall–Kier alpha value is -3.67. The summed E-state index contributed by atoms with van der Waals surface area (Å²) in [5, 5.41) is 0. The van der Waals surface area contributed by atoms with Crippen molar-refractivity contribution < 1.29 is 28.6 Å². The van der Waals surface area contributed by atoms with Crippen LogP contribution in [0.25, 0.3) is 0 Å². The van der Waals surface area contributed by atoms with Crippen LogP contribution in [0.15, 0.2) is 97.2 Å². The summed E-state index contributed by atoms with van der Waals surface area (Å²) in [6.07, 6.45) is 72.5. The lowest BCUT2D eigenvalue weighted by atomic mass is 10.1. The van der Waals surface area contributed by atoms with E-state index in [9.17, 15) is 14.4 Å². The summed E-state index contributed by atoms with van der Waals surface area (Å²) in [5.74, 6) is -0.915. The molecule has 382 valence electrons. The zero-order chi connectivity index (χ0) is 48.6. The van der Waals surface area contributed by atoms with Gasteiger partial charge in [-0.2, -0.15) is 0 Å². The van der Waals surface area contributed by atoms with Crippen LogP contribution in [0.3, 0.4) is 0 Å². The smallest absolute Gasteiger partial charge is 0.306 e. The summed E-state index contributed by atoms with van der Waals surface area (Å²) in [5.41, 5.74) is 0. The van der Waals surface area contributed by atoms with Crippen LogP contribution >= 0.6 is 0 Å². The minimum atomic E-state index is -0.790. The number of carbonyl (C=O) groups excluding carboxylic acids is 3. The van der Waals surface area contributed by atoms with Gasteiger partial charge in [0.1, 0.15) is 13.2 Å². The lowest BCUT2D eigenvalue weighted by Gasteiger charge is -2.18. The molecule has 67 heavy (non-hydrogen) atoms. The fourth-order valence-corrected chi connectivity index (χ4v) is 7.48. The Bertz CT molecular complexity index is 1350. The van der Waals surface area contributed by atoms with E-state index in [4.69, 9.17) is 14.2 Å². The van der Waals surface area contributed by atoms with E-state index in [1.165, 1.54) is 77.0 Å². The molecule has 0 amide bonds. The van der Waals surface area contributed by atoms with Crippen LogP contribution < -0.4 is 0 Å². The van der Waals surface area contributed by atoms with Crippen LogP contribution in [0.1, 0.15) is 252 Å². The van der Waals surface area contributed by atoms with Crippen molar-refractivity contribution in [1.82, 2.24) is 0 Å². The Morgan fingerprint density at radius 3 is 0.910 bits per heavy atom. The van der Waals surface area contributed by atoms with E-state index in [1.54, 1.807) is 0 Å². The molecule has 0 fully saturated rings. The Kier molecular flexibility index (Phi) is 51.9. The van der Waals surface area contributed by atoms with Gasteiger partial charge in [0.05, 0.1) is 0 Å². The number of rotatable bonds is 49. The maximum absolute atomic E-state index is 12.8. The quantitative estimate of drug-likeness (QED) is 0.0262. The molecule has 0 saturated carbocycles. The van der Waals surface area contributed by atoms with Gasteiger partial charge in [-0.05, 0) is 96.3 Å². The Balaban J connectivity index is 4.36. The minimum absolute atomic E-state index is 0.0871. The van der Waals surface area contributed by atoms with Gasteiger partial charge < -0.3 is 14.2 Å². The van der Waals surface area contributed by atoms with Gasteiger partial charge in [0.2, 0.25) is 0 Å². The summed E-state index contributed by atoms with van der Waals surface area (Å²) in [6, 6.07) is 0. The van der Waals surface area contributed by atoms with Gasteiger partial charge in [0, 0.05) is 19.3 Å². The molecule has 0 N–H and O–H groups in total. The molecule has 0 aromatic carbocycles. The average molecular weight is 931 g/mol. The first kappa shape index (κ1) is 63.3. The van der Waals surface area contributed by atoms with Crippen LogP contribution in [0, 0.1) is 0 Å². The molecule has 6 heteroatoms. The van der Waals surface area contributed by atoms with Crippen LogP contribution in [-0.2, 0) is 28.6 Å². The highest BCUT2D eigenvalue weighted by molar-refractivity contribution is 5.71.